The molecule has 1 aromatic carbocycles. The van der Waals surface area contributed by atoms with E-state index in [2.05, 4.69) is 5.10 Å². The Labute approximate surface area is 165 Å². The molecule has 28 heavy (non-hydrogen) atoms. The largest absolute Gasteiger partial charge is 0.457 e. The van der Waals surface area contributed by atoms with E-state index < -0.39 is 16.4 Å². The second kappa shape index (κ2) is 7.51. The summed E-state index contributed by atoms with van der Waals surface area (Å²) in [7, 11) is 0. The third-order valence-electron chi connectivity index (χ3n) is 3.79. The number of carbonyl (C=O) groups is 1. The van der Waals surface area contributed by atoms with Gasteiger partial charge in [-0.3, -0.25) is 10.1 Å². The van der Waals surface area contributed by atoms with E-state index in [0.717, 1.165) is 11.8 Å². The van der Waals surface area contributed by atoms with Crippen LogP contribution in [0.4, 0.5) is 5.69 Å². The lowest BCUT2D eigenvalue weighted by molar-refractivity contribution is -0.387. The fourth-order valence-corrected chi connectivity index (χ4v) is 3.51. The van der Waals surface area contributed by atoms with Crippen molar-refractivity contribution in [1.82, 2.24) is 9.78 Å². The van der Waals surface area contributed by atoms with Crippen molar-refractivity contribution in [2.75, 3.05) is 0 Å². The SMILES string of the molecule is Cc1nn(C(C)(C)C)c(OC(=O)c2ccco2)c1Sc1ccccc1[N+](=O)[O-]. The van der Waals surface area contributed by atoms with Gasteiger partial charge < -0.3 is 9.15 Å². The standard InChI is InChI=1S/C19H19N3O5S/c1-12-16(28-15-10-6-5-8-13(15)22(24)25)17(21(20-12)19(2,3)4)27-18(23)14-9-7-11-26-14/h5-11H,1-4H3. The summed E-state index contributed by atoms with van der Waals surface area (Å²) in [5.74, 6) is -0.393. The van der Waals surface area contributed by atoms with Gasteiger partial charge in [-0.1, -0.05) is 23.9 Å². The Morgan fingerprint density at radius 1 is 1.25 bits per heavy atom. The molecule has 146 valence electrons. The molecular formula is C19H19N3O5S. The Bertz CT molecular complexity index is 1020. The maximum absolute atomic E-state index is 12.5. The van der Waals surface area contributed by atoms with Crippen molar-refractivity contribution in [1.29, 1.82) is 0 Å². The van der Waals surface area contributed by atoms with E-state index in [0.29, 0.717) is 15.5 Å². The zero-order valence-corrected chi connectivity index (χ0v) is 16.6. The molecule has 3 rings (SSSR count). The second-order valence-electron chi connectivity index (χ2n) is 7.00. The van der Waals surface area contributed by atoms with Crippen molar-refractivity contribution in [3.8, 4) is 5.88 Å². The molecule has 9 heteroatoms. The predicted molar refractivity (Wildman–Crippen MR) is 103 cm³/mol. The number of aromatic nitrogens is 2. The smallest absolute Gasteiger partial charge is 0.380 e. The topological polar surface area (TPSA) is 100 Å². The minimum atomic E-state index is -0.667. The van der Waals surface area contributed by atoms with Gasteiger partial charge in [0.15, 0.2) is 0 Å². The lowest BCUT2D eigenvalue weighted by Gasteiger charge is -2.21. The molecule has 2 aromatic heterocycles. The monoisotopic (exact) mass is 401 g/mol. The van der Waals surface area contributed by atoms with Crippen LogP contribution in [-0.4, -0.2) is 20.7 Å². The summed E-state index contributed by atoms with van der Waals surface area (Å²) in [5, 5.41) is 15.9. The van der Waals surface area contributed by atoms with E-state index in [1.807, 2.05) is 20.8 Å². The number of carbonyl (C=O) groups excluding carboxylic acids is 1. The Morgan fingerprint density at radius 2 is 1.96 bits per heavy atom. The van der Waals surface area contributed by atoms with E-state index in [1.165, 1.54) is 18.4 Å². The molecule has 8 nitrogen and oxygen atoms in total. The van der Waals surface area contributed by atoms with Crippen LogP contribution in [0, 0.1) is 17.0 Å². The first-order valence-electron chi connectivity index (χ1n) is 8.45. The summed E-state index contributed by atoms with van der Waals surface area (Å²) in [4.78, 5) is 24.3. The van der Waals surface area contributed by atoms with Crippen LogP contribution in [0.1, 0.15) is 37.0 Å². The number of nitro benzene ring substituents is 1. The van der Waals surface area contributed by atoms with E-state index in [1.54, 1.807) is 35.9 Å². The second-order valence-corrected chi connectivity index (χ2v) is 8.05. The highest BCUT2D eigenvalue weighted by Crippen LogP contribution is 2.43. The molecule has 0 aliphatic carbocycles. The number of esters is 1. The highest BCUT2D eigenvalue weighted by Gasteiger charge is 2.29. The number of nitro groups is 1. The van der Waals surface area contributed by atoms with E-state index in [9.17, 15) is 14.9 Å². The van der Waals surface area contributed by atoms with Crippen LogP contribution in [-0.2, 0) is 5.54 Å². The highest BCUT2D eigenvalue weighted by atomic mass is 32.2. The molecule has 0 N–H and O–H groups in total. The van der Waals surface area contributed by atoms with Gasteiger partial charge in [0, 0.05) is 6.07 Å². The third kappa shape index (κ3) is 3.94. The molecule has 2 heterocycles. The fraction of sp³-hybridized carbons (Fsp3) is 0.263. The Morgan fingerprint density at radius 3 is 2.57 bits per heavy atom. The first-order valence-corrected chi connectivity index (χ1v) is 9.27. The number of ether oxygens (including phenoxy) is 1. The van der Waals surface area contributed by atoms with Gasteiger partial charge in [0.05, 0.1) is 32.2 Å². The molecular weight excluding hydrogens is 382 g/mol. The van der Waals surface area contributed by atoms with Crippen LogP contribution in [0.5, 0.6) is 5.88 Å². The van der Waals surface area contributed by atoms with Gasteiger partial charge in [0.2, 0.25) is 11.6 Å². The molecule has 0 unspecified atom stereocenters. The molecule has 0 saturated heterocycles. The quantitative estimate of drug-likeness (QED) is 0.343. The molecule has 0 bridgehead atoms. The number of hydrogen-bond acceptors (Lipinski definition) is 7. The predicted octanol–water partition coefficient (Wildman–Crippen LogP) is 4.82. The summed E-state index contributed by atoms with van der Waals surface area (Å²) in [6.07, 6.45) is 1.38. The Kier molecular flexibility index (Phi) is 5.28. The average molecular weight is 401 g/mol. The first-order chi connectivity index (χ1) is 13.2. The van der Waals surface area contributed by atoms with Gasteiger partial charge in [-0.05, 0) is 45.9 Å². The van der Waals surface area contributed by atoms with Gasteiger partial charge in [-0.25, -0.2) is 9.48 Å². The highest BCUT2D eigenvalue weighted by molar-refractivity contribution is 7.99. The Hall–Kier alpha value is -3.07. The van der Waals surface area contributed by atoms with Crippen LogP contribution in [0.3, 0.4) is 0 Å². The first kappa shape index (κ1) is 19.7. The van der Waals surface area contributed by atoms with E-state index in [4.69, 9.17) is 9.15 Å². The van der Waals surface area contributed by atoms with Crippen LogP contribution >= 0.6 is 11.8 Å². The summed E-state index contributed by atoms with van der Waals surface area (Å²) < 4.78 is 12.3. The fourth-order valence-electron chi connectivity index (χ4n) is 2.49. The van der Waals surface area contributed by atoms with Gasteiger partial charge in [-0.2, -0.15) is 5.10 Å². The van der Waals surface area contributed by atoms with Crippen molar-refractivity contribution in [3.63, 3.8) is 0 Å². The minimum Gasteiger partial charge on any atom is -0.457 e. The molecule has 3 aromatic rings. The summed E-state index contributed by atoms with van der Waals surface area (Å²) in [5.41, 5.74) is 0.0874. The lowest BCUT2D eigenvalue weighted by atomic mass is 10.1. The van der Waals surface area contributed by atoms with Crippen molar-refractivity contribution in [2.24, 2.45) is 0 Å². The zero-order valence-electron chi connectivity index (χ0n) is 15.8. The van der Waals surface area contributed by atoms with Crippen LogP contribution in [0.25, 0.3) is 0 Å². The third-order valence-corrected chi connectivity index (χ3v) is 5.03. The van der Waals surface area contributed by atoms with Crippen LogP contribution in [0.15, 0.2) is 56.9 Å². The van der Waals surface area contributed by atoms with Crippen molar-refractivity contribution < 1.29 is 18.9 Å². The molecule has 0 amide bonds. The molecule has 0 atom stereocenters. The average Bonchev–Trinajstić information content (AvgIpc) is 3.25. The number of para-hydroxylation sites is 1. The molecule has 0 aliphatic heterocycles. The zero-order chi connectivity index (χ0) is 20.5. The van der Waals surface area contributed by atoms with Crippen molar-refractivity contribution in [3.05, 3.63) is 64.2 Å². The summed E-state index contributed by atoms with van der Waals surface area (Å²) in [6, 6.07) is 9.49. The lowest BCUT2D eigenvalue weighted by Crippen LogP contribution is -2.25. The number of hydrogen-bond donors (Lipinski definition) is 0. The number of aryl methyl sites for hydroxylation is 1. The van der Waals surface area contributed by atoms with Crippen LogP contribution in [0.2, 0.25) is 0 Å². The van der Waals surface area contributed by atoms with Gasteiger partial charge in [0.1, 0.15) is 0 Å². The Balaban J connectivity index is 2.07. The maximum Gasteiger partial charge on any atom is 0.380 e. The van der Waals surface area contributed by atoms with Crippen LogP contribution < -0.4 is 4.74 Å². The van der Waals surface area contributed by atoms with Gasteiger partial charge in [-0.15, -0.1) is 0 Å². The molecule has 0 aliphatic rings. The molecule has 0 saturated carbocycles. The van der Waals surface area contributed by atoms with Crippen molar-refractivity contribution >= 4 is 23.4 Å². The number of benzene rings is 1. The number of rotatable bonds is 5. The molecule has 0 fully saturated rings. The van der Waals surface area contributed by atoms with E-state index in [-0.39, 0.29) is 17.3 Å². The minimum absolute atomic E-state index is 0.0290. The van der Waals surface area contributed by atoms with Gasteiger partial charge in [0.25, 0.3) is 5.69 Å². The normalized spacial score (nSPS) is 11.4. The number of nitrogens with zero attached hydrogens (tertiary/aromatic N) is 3. The molecule has 0 spiro atoms. The van der Waals surface area contributed by atoms with Gasteiger partial charge >= 0.3 is 5.97 Å². The summed E-state index contributed by atoms with van der Waals surface area (Å²) in [6.45, 7) is 7.53. The van der Waals surface area contributed by atoms with Crippen molar-refractivity contribution in [2.45, 2.75) is 43.0 Å². The summed E-state index contributed by atoms with van der Waals surface area (Å²) >= 11 is 1.14. The number of furan rings is 1. The van der Waals surface area contributed by atoms with E-state index >= 15 is 0 Å². The molecule has 0 radical (unpaired) electrons. The maximum atomic E-state index is 12.5.